The topological polar surface area (TPSA) is 134 Å². The zero-order valence-electron chi connectivity index (χ0n) is 24.1. The fourth-order valence-electron chi connectivity index (χ4n) is 3.77. The first kappa shape index (κ1) is 30.5. The Morgan fingerprint density at radius 3 is 2.30 bits per heavy atom. The van der Waals surface area contributed by atoms with E-state index < -0.39 is 41.2 Å². The molecule has 1 aromatic carbocycles. The van der Waals surface area contributed by atoms with Crippen LogP contribution < -0.4 is 16.6 Å². The Kier molecular flexibility index (Phi) is 12.8. The predicted octanol–water partition coefficient (Wildman–Crippen LogP) is 3.53. The lowest BCUT2D eigenvalue weighted by molar-refractivity contribution is -0.149. The molecule has 0 aliphatic heterocycles. The molecule has 0 saturated carbocycles. The minimum Gasteiger partial charge on any atom is -0.374 e. The molecular weight excluding hydrogens is 472 g/mol. The van der Waals surface area contributed by atoms with Crippen LogP contribution in [0, 0.1) is 23.7 Å². The van der Waals surface area contributed by atoms with E-state index in [-0.39, 0.29) is 38.3 Å². The normalized spacial score (nSPS) is 14.8. The van der Waals surface area contributed by atoms with Gasteiger partial charge in [0.15, 0.2) is 0 Å². The average Bonchev–Trinajstić information content (AvgIpc) is 2.87. The van der Waals surface area contributed by atoms with Gasteiger partial charge in [-0.15, -0.1) is 0 Å². The van der Waals surface area contributed by atoms with Gasteiger partial charge in [-0.05, 0) is 51.0 Å². The molecule has 9 heteroatoms. The van der Waals surface area contributed by atoms with Crippen molar-refractivity contribution in [3.8, 4) is 0 Å². The van der Waals surface area contributed by atoms with E-state index in [0.717, 1.165) is 5.56 Å². The Morgan fingerprint density at radius 1 is 1.11 bits per heavy atom. The Morgan fingerprint density at radius 2 is 1.76 bits per heavy atom. The van der Waals surface area contributed by atoms with Crippen molar-refractivity contribution in [3.05, 3.63) is 42.0 Å². The number of ether oxygens (including phenoxy) is 1. The number of hydrogen-bond acceptors (Lipinski definition) is 6. The first-order valence-electron chi connectivity index (χ1n) is 13.5. The molecule has 0 spiro atoms. The first-order valence-corrected chi connectivity index (χ1v) is 12.8. The van der Waals surface area contributed by atoms with Gasteiger partial charge in [0.25, 0.3) is 5.91 Å². The number of nitrogens with zero attached hydrogens (tertiary/aromatic N) is 1. The number of carbonyl (C=O) groups excluding carboxylic acids is 3. The molecule has 0 unspecified atom stereocenters. The van der Waals surface area contributed by atoms with Gasteiger partial charge >= 0.3 is 0 Å². The van der Waals surface area contributed by atoms with Crippen molar-refractivity contribution in [2.24, 2.45) is 29.4 Å². The molecule has 1 aromatic rings. The van der Waals surface area contributed by atoms with Crippen molar-refractivity contribution < 1.29 is 25.7 Å². The molecule has 0 bridgehead atoms. The van der Waals surface area contributed by atoms with Crippen LogP contribution in [0.15, 0.2) is 36.4 Å². The molecular formula is C28H46N4O5. The molecule has 0 saturated heterocycles. The van der Waals surface area contributed by atoms with Gasteiger partial charge < -0.3 is 10.5 Å². The molecule has 0 aromatic heterocycles. The van der Waals surface area contributed by atoms with Crippen LogP contribution in [-0.4, -0.2) is 52.7 Å². The maximum Gasteiger partial charge on any atom is 0.260 e. The van der Waals surface area contributed by atoms with Gasteiger partial charge in [0.05, 0.1) is 24.0 Å². The number of benzene rings is 1. The van der Waals surface area contributed by atoms with Gasteiger partial charge in [0, 0.05) is 7.92 Å². The number of nitrogens with two attached hydrogens (primary N) is 1. The Labute approximate surface area is 223 Å². The van der Waals surface area contributed by atoms with Crippen LogP contribution in [-0.2, 0) is 19.1 Å². The lowest BCUT2D eigenvalue weighted by atomic mass is 9.82. The van der Waals surface area contributed by atoms with Gasteiger partial charge in [0.2, 0.25) is 11.8 Å². The SMILES string of the molecule is [2H]CC(C)(C)OC[C@H](N)C(=O)N(CC(C)C)NC(=O)[C@H](CC(C)C)[C@H](C/C=C/c1ccccc1)C(=O)NO. The number of carbonyl (C=O) groups is 3. The summed E-state index contributed by atoms with van der Waals surface area (Å²) >= 11 is 0. The summed E-state index contributed by atoms with van der Waals surface area (Å²) in [6, 6.07) is 8.50. The van der Waals surface area contributed by atoms with E-state index in [2.05, 4.69) is 5.43 Å². The summed E-state index contributed by atoms with van der Waals surface area (Å²) in [5.74, 6) is -3.31. The highest BCUT2D eigenvalue weighted by Crippen LogP contribution is 2.26. The average molecular weight is 520 g/mol. The van der Waals surface area contributed by atoms with Crippen LogP contribution in [0.4, 0.5) is 0 Å². The fourth-order valence-corrected chi connectivity index (χ4v) is 3.77. The van der Waals surface area contributed by atoms with Crippen LogP contribution in [0.1, 0.15) is 68.2 Å². The standard InChI is InChI=1S/C28H46N4O5/c1-19(2)16-23(22(26(34)31-36)15-11-14-21-12-9-8-10-13-21)25(33)30-32(17-20(3)4)27(35)24(29)18-37-28(5,6)7/h8-14,19-20,22-24,36H,15-18,29H2,1-7H3,(H,30,33)(H,31,34)/b14-11+/t22-,23+,24-/m0/s1/i5D. The van der Waals surface area contributed by atoms with E-state index in [4.69, 9.17) is 11.8 Å². The van der Waals surface area contributed by atoms with E-state index in [1.807, 2.05) is 64.1 Å². The molecule has 0 heterocycles. The van der Waals surface area contributed by atoms with Crippen LogP contribution in [0.5, 0.6) is 0 Å². The highest BCUT2D eigenvalue weighted by Gasteiger charge is 2.35. The van der Waals surface area contributed by atoms with Crippen molar-refractivity contribution in [1.29, 1.82) is 0 Å². The molecule has 0 radical (unpaired) electrons. The Balaban J connectivity index is 3.15. The maximum atomic E-state index is 13.6. The lowest BCUT2D eigenvalue weighted by Gasteiger charge is -2.32. The van der Waals surface area contributed by atoms with Crippen LogP contribution in [0.2, 0.25) is 0 Å². The quantitative estimate of drug-likeness (QED) is 0.233. The molecule has 3 amide bonds. The largest absolute Gasteiger partial charge is 0.374 e. The zero-order valence-corrected chi connectivity index (χ0v) is 23.1. The van der Waals surface area contributed by atoms with E-state index >= 15 is 0 Å². The van der Waals surface area contributed by atoms with E-state index in [9.17, 15) is 19.6 Å². The predicted molar refractivity (Wildman–Crippen MR) is 145 cm³/mol. The number of allylic oxidation sites excluding steroid dienone is 1. The van der Waals surface area contributed by atoms with Crippen LogP contribution in [0.3, 0.4) is 0 Å². The Hall–Kier alpha value is -2.75. The molecule has 0 aliphatic carbocycles. The van der Waals surface area contributed by atoms with E-state index in [1.54, 1.807) is 25.4 Å². The lowest BCUT2D eigenvalue weighted by Crippen LogP contribution is -2.57. The number of rotatable bonds is 13. The van der Waals surface area contributed by atoms with Crippen LogP contribution >= 0.6 is 0 Å². The number of hydrazine groups is 1. The zero-order chi connectivity index (χ0) is 28.9. The number of hydrogen-bond donors (Lipinski definition) is 4. The van der Waals surface area contributed by atoms with Crippen molar-refractivity contribution in [2.45, 2.75) is 72.9 Å². The smallest absolute Gasteiger partial charge is 0.260 e. The second kappa shape index (κ2) is 15.5. The monoisotopic (exact) mass is 519 g/mol. The van der Waals surface area contributed by atoms with Crippen molar-refractivity contribution in [1.82, 2.24) is 15.9 Å². The molecule has 0 aliphatic rings. The molecule has 3 atom stereocenters. The molecule has 208 valence electrons. The summed E-state index contributed by atoms with van der Waals surface area (Å²) < 4.78 is 13.2. The summed E-state index contributed by atoms with van der Waals surface area (Å²) in [5.41, 5.74) is 10.7. The number of nitrogens with one attached hydrogen (secondary N) is 2. The third kappa shape index (κ3) is 12.4. The summed E-state index contributed by atoms with van der Waals surface area (Å²) in [5, 5.41) is 10.6. The third-order valence-corrected chi connectivity index (χ3v) is 5.52. The van der Waals surface area contributed by atoms with Gasteiger partial charge in [-0.3, -0.25) is 30.0 Å². The highest BCUT2D eigenvalue weighted by molar-refractivity contribution is 5.89. The van der Waals surface area contributed by atoms with Gasteiger partial charge in [-0.2, -0.15) is 0 Å². The summed E-state index contributed by atoms with van der Waals surface area (Å²) in [6.45, 7) is 11.3. The minimum absolute atomic E-state index is 0.00423. The number of hydroxylamine groups is 1. The fraction of sp³-hybridized carbons (Fsp3) is 0.607. The number of amides is 3. The summed E-state index contributed by atoms with van der Waals surface area (Å²) in [6.07, 6.45) is 4.22. The summed E-state index contributed by atoms with van der Waals surface area (Å²) in [7, 11) is 0. The first-order chi connectivity index (χ1) is 17.8. The second-order valence-corrected chi connectivity index (χ2v) is 10.9. The third-order valence-electron chi connectivity index (χ3n) is 5.52. The van der Waals surface area contributed by atoms with Gasteiger partial charge in [-0.1, -0.05) is 70.2 Å². The maximum absolute atomic E-state index is 13.6. The van der Waals surface area contributed by atoms with E-state index in [1.165, 1.54) is 5.01 Å². The van der Waals surface area contributed by atoms with Crippen molar-refractivity contribution >= 4 is 23.8 Å². The highest BCUT2D eigenvalue weighted by atomic mass is 16.5. The van der Waals surface area contributed by atoms with Gasteiger partial charge in [-0.25, -0.2) is 5.48 Å². The van der Waals surface area contributed by atoms with E-state index in [0.29, 0.717) is 6.42 Å². The minimum atomic E-state index is -1.05. The molecule has 1 rings (SSSR count). The molecule has 5 N–H and O–H groups in total. The summed E-state index contributed by atoms with van der Waals surface area (Å²) in [4.78, 5) is 39.4. The Bertz CT molecular complexity index is 908. The molecule has 37 heavy (non-hydrogen) atoms. The molecule has 0 fully saturated rings. The molecule has 9 nitrogen and oxygen atoms in total. The van der Waals surface area contributed by atoms with Crippen LogP contribution in [0.25, 0.3) is 6.08 Å². The second-order valence-electron chi connectivity index (χ2n) is 10.9. The van der Waals surface area contributed by atoms with Crippen molar-refractivity contribution in [3.63, 3.8) is 0 Å². The van der Waals surface area contributed by atoms with Gasteiger partial charge in [0.1, 0.15) is 6.04 Å². The van der Waals surface area contributed by atoms with Crippen molar-refractivity contribution in [2.75, 3.05) is 13.2 Å².